The topological polar surface area (TPSA) is 108 Å². The van der Waals surface area contributed by atoms with Crippen LogP contribution in [0, 0.1) is 0 Å². The third-order valence-electron chi connectivity index (χ3n) is 3.27. The van der Waals surface area contributed by atoms with Gasteiger partial charge < -0.3 is 26.0 Å². The van der Waals surface area contributed by atoms with Gasteiger partial charge in [-0.15, -0.1) is 0 Å². The molecule has 118 valence electrons. The van der Waals surface area contributed by atoms with Gasteiger partial charge in [-0.3, -0.25) is 4.79 Å². The molecule has 1 aliphatic rings. The van der Waals surface area contributed by atoms with Crippen molar-refractivity contribution in [3.63, 3.8) is 0 Å². The van der Waals surface area contributed by atoms with Crippen LogP contribution in [0.4, 0.5) is 0 Å². The van der Waals surface area contributed by atoms with E-state index in [0.717, 1.165) is 0 Å². The van der Waals surface area contributed by atoms with Crippen molar-refractivity contribution >= 4 is 5.97 Å². The summed E-state index contributed by atoms with van der Waals surface area (Å²) in [6.07, 6.45) is 4.49. The van der Waals surface area contributed by atoms with Gasteiger partial charge in [-0.05, 0) is 36.8 Å². The Morgan fingerprint density at radius 3 is 2.50 bits per heavy atom. The second kappa shape index (κ2) is 6.31. The molecule has 6 heteroatoms. The Bertz CT molecular complexity index is 595. The highest BCUT2D eigenvalue weighted by Crippen LogP contribution is 2.33. The fraction of sp³-hybridized carbons (Fsp3) is 0.312. The minimum Gasteiger partial charge on any atom is -0.481 e. The smallest absolute Gasteiger partial charge is 0.307 e. The number of hydrogen-bond donors (Lipinski definition) is 3. The SMILES string of the molecule is CCOC1(Oc2ccccc2)C=CC(CC(=O)O)=CC1(N)N. The zero-order chi connectivity index (χ0) is 16.2. The number of aliphatic carboxylic acids is 1. The van der Waals surface area contributed by atoms with E-state index in [2.05, 4.69) is 0 Å². The summed E-state index contributed by atoms with van der Waals surface area (Å²) < 4.78 is 11.6. The van der Waals surface area contributed by atoms with Gasteiger partial charge in [0.05, 0.1) is 6.42 Å². The summed E-state index contributed by atoms with van der Waals surface area (Å²) in [4.78, 5) is 10.8. The summed E-state index contributed by atoms with van der Waals surface area (Å²) in [5, 5.41) is 8.89. The van der Waals surface area contributed by atoms with E-state index in [0.29, 0.717) is 17.9 Å². The summed E-state index contributed by atoms with van der Waals surface area (Å²) >= 11 is 0. The number of para-hydroxylation sites is 1. The number of hydrogen-bond acceptors (Lipinski definition) is 5. The fourth-order valence-electron chi connectivity index (χ4n) is 2.30. The van der Waals surface area contributed by atoms with E-state index in [-0.39, 0.29) is 6.42 Å². The van der Waals surface area contributed by atoms with E-state index in [1.165, 1.54) is 6.08 Å². The predicted molar refractivity (Wildman–Crippen MR) is 82.0 cm³/mol. The van der Waals surface area contributed by atoms with Crippen molar-refractivity contribution in [1.82, 2.24) is 0 Å². The number of carbonyl (C=O) groups is 1. The molecule has 1 atom stereocenters. The standard InChI is InChI=1S/C16H20N2O4/c1-2-21-16(22-13-6-4-3-5-7-13)9-8-12(10-14(19)20)11-15(16,17)18/h3-9,11H,2,10,17-18H2,1H3,(H,19,20). The molecule has 1 aliphatic carbocycles. The lowest BCUT2D eigenvalue weighted by Gasteiger charge is -2.43. The minimum absolute atomic E-state index is 0.166. The lowest BCUT2D eigenvalue weighted by molar-refractivity contribution is -0.177. The van der Waals surface area contributed by atoms with E-state index < -0.39 is 17.4 Å². The van der Waals surface area contributed by atoms with Crippen LogP contribution < -0.4 is 16.2 Å². The van der Waals surface area contributed by atoms with Crippen LogP contribution in [0.5, 0.6) is 5.75 Å². The molecule has 0 aliphatic heterocycles. The Kier molecular flexibility index (Phi) is 4.65. The lowest BCUT2D eigenvalue weighted by Crippen LogP contribution is -2.69. The second-order valence-corrected chi connectivity index (χ2v) is 5.07. The number of benzene rings is 1. The highest BCUT2D eigenvalue weighted by molar-refractivity contribution is 5.71. The molecule has 0 saturated heterocycles. The third kappa shape index (κ3) is 3.36. The number of ether oxygens (including phenoxy) is 2. The molecule has 22 heavy (non-hydrogen) atoms. The Morgan fingerprint density at radius 1 is 1.27 bits per heavy atom. The zero-order valence-corrected chi connectivity index (χ0v) is 12.4. The zero-order valence-electron chi connectivity index (χ0n) is 12.4. The van der Waals surface area contributed by atoms with Crippen LogP contribution in [0.2, 0.25) is 0 Å². The van der Waals surface area contributed by atoms with Crippen LogP contribution in [-0.2, 0) is 9.53 Å². The maximum Gasteiger partial charge on any atom is 0.307 e. The van der Waals surface area contributed by atoms with Gasteiger partial charge in [0.15, 0.2) is 5.66 Å². The molecule has 5 N–H and O–H groups in total. The molecule has 0 fully saturated rings. The van der Waals surface area contributed by atoms with Gasteiger partial charge in [0, 0.05) is 6.61 Å². The normalized spacial score (nSPS) is 23.0. The van der Waals surface area contributed by atoms with Crippen molar-refractivity contribution in [2.75, 3.05) is 6.61 Å². The summed E-state index contributed by atoms with van der Waals surface area (Å²) in [5.74, 6) is -1.80. The van der Waals surface area contributed by atoms with Crippen molar-refractivity contribution in [2.24, 2.45) is 11.5 Å². The van der Waals surface area contributed by atoms with Crippen molar-refractivity contribution in [3.05, 3.63) is 54.1 Å². The van der Waals surface area contributed by atoms with E-state index in [1.807, 2.05) is 18.2 Å². The molecule has 1 unspecified atom stereocenters. The summed E-state index contributed by atoms with van der Waals surface area (Å²) in [6.45, 7) is 2.13. The molecule has 1 aromatic rings. The molecular weight excluding hydrogens is 284 g/mol. The first kappa shape index (κ1) is 16.2. The molecule has 2 rings (SSSR count). The Hall–Kier alpha value is -2.15. The number of allylic oxidation sites excluding steroid dienone is 1. The monoisotopic (exact) mass is 304 g/mol. The number of nitrogens with two attached hydrogens (primary N) is 2. The van der Waals surface area contributed by atoms with Gasteiger partial charge in [-0.1, -0.05) is 24.3 Å². The molecule has 0 saturated carbocycles. The highest BCUT2D eigenvalue weighted by atomic mass is 16.7. The third-order valence-corrected chi connectivity index (χ3v) is 3.27. The molecule has 0 heterocycles. The van der Waals surface area contributed by atoms with E-state index >= 15 is 0 Å². The number of carboxylic acid groups (broad SMARTS) is 1. The maximum atomic E-state index is 10.8. The van der Waals surface area contributed by atoms with Crippen molar-refractivity contribution in [1.29, 1.82) is 0 Å². The summed E-state index contributed by atoms with van der Waals surface area (Å²) in [6, 6.07) is 9.03. The first-order valence-corrected chi connectivity index (χ1v) is 6.97. The Balaban J connectivity index is 2.33. The summed E-state index contributed by atoms with van der Waals surface area (Å²) in [7, 11) is 0. The molecule has 1 aromatic carbocycles. The van der Waals surface area contributed by atoms with Gasteiger partial charge in [-0.25, -0.2) is 0 Å². The van der Waals surface area contributed by atoms with Crippen LogP contribution in [0.3, 0.4) is 0 Å². The molecular formula is C16H20N2O4. The second-order valence-electron chi connectivity index (χ2n) is 5.07. The van der Waals surface area contributed by atoms with Gasteiger partial charge in [-0.2, -0.15) is 0 Å². The average Bonchev–Trinajstić information content (AvgIpc) is 2.43. The van der Waals surface area contributed by atoms with Crippen molar-refractivity contribution in [2.45, 2.75) is 24.8 Å². The van der Waals surface area contributed by atoms with Crippen LogP contribution in [0.1, 0.15) is 13.3 Å². The van der Waals surface area contributed by atoms with Crippen molar-refractivity contribution < 1.29 is 19.4 Å². The molecule has 6 nitrogen and oxygen atoms in total. The molecule has 0 aromatic heterocycles. The van der Waals surface area contributed by atoms with Gasteiger partial charge in [0.25, 0.3) is 5.79 Å². The van der Waals surface area contributed by atoms with E-state index in [4.69, 9.17) is 26.0 Å². The fourth-order valence-corrected chi connectivity index (χ4v) is 2.30. The largest absolute Gasteiger partial charge is 0.481 e. The number of carboxylic acids is 1. The quantitative estimate of drug-likeness (QED) is 0.685. The van der Waals surface area contributed by atoms with Crippen LogP contribution >= 0.6 is 0 Å². The Labute approximate surface area is 129 Å². The molecule has 0 radical (unpaired) electrons. The minimum atomic E-state index is -1.50. The predicted octanol–water partition coefficient (Wildman–Crippen LogP) is 1.38. The first-order chi connectivity index (χ1) is 10.4. The van der Waals surface area contributed by atoms with Crippen LogP contribution in [-0.4, -0.2) is 29.1 Å². The van der Waals surface area contributed by atoms with Crippen molar-refractivity contribution in [3.8, 4) is 5.75 Å². The van der Waals surface area contributed by atoms with E-state index in [9.17, 15) is 4.79 Å². The molecule has 0 amide bonds. The average molecular weight is 304 g/mol. The highest BCUT2D eigenvalue weighted by Gasteiger charge is 2.49. The van der Waals surface area contributed by atoms with Crippen LogP contribution in [0.25, 0.3) is 0 Å². The van der Waals surface area contributed by atoms with Gasteiger partial charge in [0.2, 0.25) is 0 Å². The van der Waals surface area contributed by atoms with Gasteiger partial charge >= 0.3 is 5.97 Å². The Morgan fingerprint density at radius 2 is 1.95 bits per heavy atom. The molecule has 0 spiro atoms. The summed E-state index contributed by atoms with van der Waals surface area (Å²) in [5.41, 5.74) is 11.3. The van der Waals surface area contributed by atoms with Gasteiger partial charge in [0.1, 0.15) is 5.75 Å². The first-order valence-electron chi connectivity index (χ1n) is 6.97. The van der Waals surface area contributed by atoms with E-state index in [1.54, 1.807) is 31.2 Å². The van der Waals surface area contributed by atoms with Crippen LogP contribution in [0.15, 0.2) is 54.1 Å². The molecule has 0 bridgehead atoms. The number of rotatable bonds is 6. The lowest BCUT2D eigenvalue weighted by atomic mass is 9.90. The maximum absolute atomic E-state index is 10.8.